The Balaban J connectivity index is 1.71. The second kappa shape index (κ2) is 7.10. The highest BCUT2D eigenvalue weighted by atomic mass is 16.5. The summed E-state index contributed by atoms with van der Waals surface area (Å²) in [6, 6.07) is 1.01. The van der Waals surface area contributed by atoms with Crippen LogP contribution in [0.1, 0.15) is 32.6 Å². The van der Waals surface area contributed by atoms with E-state index in [9.17, 15) is 4.79 Å². The zero-order valence-corrected chi connectivity index (χ0v) is 12.1. The Bertz CT molecular complexity index is 284. The van der Waals surface area contributed by atoms with Crippen LogP contribution in [0.15, 0.2) is 0 Å². The van der Waals surface area contributed by atoms with E-state index < -0.39 is 0 Å². The van der Waals surface area contributed by atoms with Crippen LogP contribution in [0.2, 0.25) is 0 Å². The lowest BCUT2D eigenvalue weighted by Crippen LogP contribution is -2.49. The first-order chi connectivity index (χ1) is 9.20. The molecule has 0 radical (unpaired) electrons. The van der Waals surface area contributed by atoms with E-state index in [4.69, 9.17) is 9.47 Å². The smallest absolute Gasteiger partial charge is 0.409 e. The highest BCUT2D eigenvalue weighted by molar-refractivity contribution is 5.67. The number of methoxy groups -OCH3 is 1. The fraction of sp³-hybridized carbons (Fsp3) is 0.929. The summed E-state index contributed by atoms with van der Waals surface area (Å²) >= 11 is 0. The quantitative estimate of drug-likeness (QED) is 0.846. The van der Waals surface area contributed by atoms with Crippen molar-refractivity contribution in [2.45, 2.75) is 44.7 Å². The predicted molar refractivity (Wildman–Crippen MR) is 73.1 cm³/mol. The van der Waals surface area contributed by atoms with Crippen LogP contribution in [0.5, 0.6) is 0 Å². The van der Waals surface area contributed by atoms with Crippen molar-refractivity contribution in [3.05, 3.63) is 0 Å². The number of piperidine rings is 1. The van der Waals surface area contributed by atoms with Crippen LogP contribution < -0.4 is 5.32 Å². The van der Waals surface area contributed by atoms with Gasteiger partial charge in [-0.05, 0) is 38.5 Å². The van der Waals surface area contributed by atoms with Crippen LogP contribution in [-0.2, 0) is 9.47 Å². The lowest BCUT2D eigenvalue weighted by molar-refractivity contribution is 0.0381. The molecule has 2 fully saturated rings. The molecule has 0 bridgehead atoms. The summed E-state index contributed by atoms with van der Waals surface area (Å²) < 4.78 is 10.3. The minimum atomic E-state index is -0.202. The van der Waals surface area contributed by atoms with Crippen molar-refractivity contribution in [1.29, 1.82) is 0 Å². The second-order valence-electron chi connectivity index (χ2n) is 5.66. The second-order valence-corrected chi connectivity index (χ2v) is 5.66. The molecule has 1 N–H and O–H groups in total. The molecule has 2 rings (SSSR count). The third-order valence-corrected chi connectivity index (χ3v) is 4.33. The maximum atomic E-state index is 11.4. The van der Waals surface area contributed by atoms with Crippen molar-refractivity contribution in [2.75, 3.05) is 33.4 Å². The maximum Gasteiger partial charge on any atom is 0.409 e. The first kappa shape index (κ1) is 14.6. The number of carbonyl (C=O) groups is 1. The van der Waals surface area contributed by atoms with E-state index in [1.165, 1.54) is 20.0 Å². The van der Waals surface area contributed by atoms with Gasteiger partial charge in [-0.2, -0.15) is 0 Å². The topological polar surface area (TPSA) is 50.8 Å². The Labute approximate surface area is 115 Å². The molecule has 2 aliphatic heterocycles. The van der Waals surface area contributed by atoms with Crippen LogP contribution in [0, 0.1) is 5.92 Å². The molecule has 2 saturated heterocycles. The van der Waals surface area contributed by atoms with E-state index in [0.29, 0.717) is 18.0 Å². The van der Waals surface area contributed by atoms with Gasteiger partial charge in [-0.15, -0.1) is 0 Å². The van der Waals surface area contributed by atoms with Crippen molar-refractivity contribution >= 4 is 6.09 Å². The van der Waals surface area contributed by atoms with E-state index in [1.54, 1.807) is 4.90 Å². The highest BCUT2D eigenvalue weighted by Crippen LogP contribution is 2.19. The fourth-order valence-corrected chi connectivity index (χ4v) is 3.03. The fourth-order valence-electron chi connectivity index (χ4n) is 3.03. The molecule has 0 aromatic heterocycles. The van der Waals surface area contributed by atoms with Gasteiger partial charge in [0.15, 0.2) is 0 Å². The summed E-state index contributed by atoms with van der Waals surface area (Å²) in [7, 11) is 1.44. The summed E-state index contributed by atoms with van der Waals surface area (Å²) in [5, 5.41) is 3.71. The Morgan fingerprint density at radius 3 is 2.68 bits per heavy atom. The number of nitrogens with zero attached hydrogens (tertiary/aromatic N) is 1. The van der Waals surface area contributed by atoms with Crippen molar-refractivity contribution < 1.29 is 14.3 Å². The van der Waals surface area contributed by atoms with Crippen LogP contribution in [0.4, 0.5) is 4.79 Å². The van der Waals surface area contributed by atoms with Gasteiger partial charge in [0.05, 0.1) is 13.7 Å². The first-order valence-electron chi connectivity index (χ1n) is 7.37. The van der Waals surface area contributed by atoms with Gasteiger partial charge in [-0.3, -0.25) is 0 Å². The molecule has 0 saturated carbocycles. The standard InChI is InChI=1S/C14H26N2O3/c1-11(12-4-3-9-19-10-12)15-13-5-7-16(8-6-13)14(17)18-2/h11-13,15H,3-10H2,1-2H3/t11-,12+/m0/s1. The molecule has 0 aromatic rings. The third kappa shape index (κ3) is 4.08. The Hall–Kier alpha value is -0.810. The lowest BCUT2D eigenvalue weighted by atomic mass is 9.93. The zero-order chi connectivity index (χ0) is 13.7. The lowest BCUT2D eigenvalue weighted by Gasteiger charge is -2.36. The molecule has 5 heteroatoms. The van der Waals surface area contributed by atoms with Gasteiger partial charge in [-0.1, -0.05) is 0 Å². The van der Waals surface area contributed by atoms with Gasteiger partial charge >= 0.3 is 6.09 Å². The zero-order valence-electron chi connectivity index (χ0n) is 12.1. The minimum Gasteiger partial charge on any atom is -0.453 e. The number of hydrogen-bond donors (Lipinski definition) is 1. The monoisotopic (exact) mass is 270 g/mol. The number of ether oxygens (including phenoxy) is 2. The SMILES string of the molecule is COC(=O)N1CCC(N[C@@H](C)[C@@H]2CCCOC2)CC1. The molecule has 0 aliphatic carbocycles. The van der Waals surface area contributed by atoms with Gasteiger partial charge in [0.2, 0.25) is 0 Å². The molecule has 110 valence electrons. The van der Waals surface area contributed by atoms with Crippen molar-refractivity contribution in [3.8, 4) is 0 Å². The molecule has 2 aliphatic rings. The van der Waals surface area contributed by atoms with Crippen LogP contribution in [0.3, 0.4) is 0 Å². The van der Waals surface area contributed by atoms with E-state index in [2.05, 4.69) is 12.2 Å². The summed E-state index contributed by atoms with van der Waals surface area (Å²) in [5.74, 6) is 0.632. The largest absolute Gasteiger partial charge is 0.453 e. The van der Waals surface area contributed by atoms with Crippen LogP contribution >= 0.6 is 0 Å². The number of likely N-dealkylation sites (tertiary alicyclic amines) is 1. The Morgan fingerprint density at radius 1 is 1.37 bits per heavy atom. The summed E-state index contributed by atoms with van der Waals surface area (Å²) in [4.78, 5) is 13.2. The highest BCUT2D eigenvalue weighted by Gasteiger charge is 2.27. The average Bonchev–Trinajstić information content (AvgIpc) is 2.48. The normalized spacial score (nSPS) is 27.1. The molecular formula is C14H26N2O3. The maximum absolute atomic E-state index is 11.4. The molecule has 19 heavy (non-hydrogen) atoms. The van der Waals surface area contributed by atoms with E-state index in [1.807, 2.05) is 0 Å². The Morgan fingerprint density at radius 2 is 2.11 bits per heavy atom. The van der Waals surface area contributed by atoms with Crippen molar-refractivity contribution in [1.82, 2.24) is 10.2 Å². The summed E-state index contributed by atoms with van der Waals surface area (Å²) in [5.41, 5.74) is 0. The molecule has 5 nitrogen and oxygen atoms in total. The molecule has 0 unspecified atom stereocenters. The molecular weight excluding hydrogens is 244 g/mol. The first-order valence-corrected chi connectivity index (χ1v) is 7.37. The minimum absolute atomic E-state index is 0.202. The van der Waals surface area contributed by atoms with Crippen LogP contribution in [0.25, 0.3) is 0 Å². The average molecular weight is 270 g/mol. The number of hydrogen-bond acceptors (Lipinski definition) is 4. The molecule has 0 spiro atoms. The number of amides is 1. The van der Waals surface area contributed by atoms with Gasteiger partial charge in [0.1, 0.15) is 0 Å². The number of carbonyl (C=O) groups excluding carboxylic acids is 1. The predicted octanol–water partition coefficient (Wildman–Crippen LogP) is 1.62. The number of nitrogens with one attached hydrogen (secondary N) is 1. The van der Waals surface area contributed by atoms with Crippen molar-refractivity contribution in [2.24, 2.45) is 5.92 Å². The van der Waals surface area contributed by atoms with E-state index in [0.717, 1.165) is 39.1 Å². The molecule has 2 atom stereocenters. The van der Waals surface area contributed by atoms with Gasteiger partial charge < -0.3 is 19.7 Å². The van der Waals surface area contributed by atoms with E-state index >= 15 is 0 Å². The third-order valence-electron chi connectivity index (χ3n) is 4.33. The van der Waals surface area contributed by atoms with Gasteiger partial charge in [0, 0.05) is 31.8 Å². The van der Waals surface area contributed by atoms with E-state index in [-0.39, 0.29) is 6.09 Å². The summed E-state index contributed by atoms with van der Waals surface area (Å²) in [6.07, 6.45) is 4.25. The van der Waals surface area contributed by atoms with Crippen LogP contribution in [-0.4, -0.2) is 56.5 Å². The number of rotatable bonds is 3. The molecule has 0 aromatic carbocycles. The van der Waals surface area contributed by atoms with Gasteiger partial charge in [0.25, 0.3) is 0 Å². The Kier molecular flexibility index (Phi) is 5.45. The van der Waals surface area contributed by atoms with Gasteiger partial charge in [-0.25, -0.2) is 4.79 Å². The molecule has 2 heterocycles. The van der Waals surface area contributed by atoms with Crippen molar-refractivity contribution in [3.63, 3.8) is 0 Å². The summed E-state index contributed by atoms with van der Waals surface area (Å²) in [6.45, 7) is 5.64. The molecule has 1 amide bonds.